The van der Waals surface area contributed by atoms with Gasteiger partial charge in [-0.2, -0.15) is 4.72 Å². The maximum atomic E-state index is 12.0. The number of hydrogen-bond acceptors (Lipinski definition) is 4. The van der Waals surface area contributed by atoms with Crippen molar-refractivity contribution in [3.05, 3.63) is 15.8 Å². The minimum absolute atomic E-state index is 0.166. The lowest BCUT2D eigenvalue weighted by molar-refractivity contribution is -0.139. The smallest absolute Gasteiger partial charge is 0.321 e. The van der Waals surface area contributed by atoms with Gasteiger partial charge in [0, 0.05) is 9.75 Å². The van der Waals surface area contributed by atoms with Gasteiger partial charge in [0.25, 0.3) is 0 Å². The van der Waals surface area contributed by atoms with Gasteiger partial charge in [-0.1, -0.05) is 6.92 Å². The number of aryl methyl sites for hydroxylation is 2. The van der Waals surface area contributed by atoms with Crippen LogP contribution in [0.1, 0.15) is 23.1 Å². The first-order valence-corrected chi connectivity index (χ1v) is 7.40. The molecule has 0 fully saturated rings. The van der Waals surface area contributed by atoms with Gasteiger partial charge in [-0.3, -0.25) is 4.79 Å². The molecular formula is C10H15NO4S2. The van der Waals surface area contributed by atoms with E-state index in [0.717, 1.165) is 4.88 Å². The number of rotatable bonds is 5. The standard InChI is InChI=1S/C10H15NO4S2/c1-4-8(10(12)13)11-17(14,15)9-5-6(2)16-7(9)3/h5,8,11H,4H2,1-3H3,(H,12,13)/t8-/m1/s1. The summed E-state index contributed by atoms with van der Waals surface area (Å²) in [4.78, 5) is 12.5. The predicted molar refractivity (Wildman–Crippen MR) is 65.8 cm³/mol. The Morgan fingerprint density at radius 1 is 1.53 bits per heavy atom. The Morgan fingerprint density at radius 3 is 2.47 bits per heavy atom. The molecule has 7 heteroatoms. The summed E-state index contributed by atoms with van der Waals surface area (Å²) in [5.41, 5.74) is 0. The Kier molecular flexibility index (Phi) is 4.29. The third kappa shape index (κ3) is 3.27. The fraction of sp³-hybridized carbons (Fsp3) is 0.500. The Hall–Kier alpha value is -0.920. The van der Waals surface area contributed by atoms with Crippen LogP contribution in [0.5, 0.6) is 0 Å². The summed E-state index contributed by atoms with van der Waals surface area (Å²) in [5, 5.41) is 8.83. The van der Waals surface area contributed by atoms with Crippen LogP contribution in [0.4, 0.5) is 0 Å². The molecule has 0 unspecified atom stereocenters. The van der Waals surface area contributed by atoms with E-state index in [4.69, 9.17) is 5.11 Å². The molecule has 0 saturated heterocycles. The van der Waals surface area contributed by atoms with Crippen LogP contribution in [-0.4, -0.2) is 25.5 Å². The Morgan fingerprint density at radius 2 is 2.12 bits per heavy atom. The minimum atomic E-state index is -3.75. The van der Waals surface area contributed by atoms with Gasteiger partial charge in [-0.25, -0.2) is 8.42 Å². The first kappa shape index (κ1) is 14.1. The molecule has 5 nitrogen and oxygen atoms in total. The highest BCUT2D eigenvalue weighted by atomic mass is 32.2. The number of carboxylic acids is 1. The topological polar surface area (TPSA) is 83.5 Å². The lowest BCUT2D eigenvalue weighted by Crippen LogP contribution is -2.40. The molecule has 0 aromatic carbocycles. The molecule has 0 aliphatic carbocycles. The number of thiophene rings is 1. The predicted octanol–water partition coefficient (Wildman–Crippen LogP) is 1.51. The van der Waals surface area contributed by atoms with E-state index in [2.05, 4.69) is 4.72 Å². The summed E-state index contributed by atoms with van der Waals surface area (Å²) in [6, 6.07) is 0.469. The monoisotopic (exact) mass is 277 g/mol. The fourth-order valence-electron chi connectivity index (χ4n) is 1.43. The second-order valence-electron chi connectivity index (χ2n) is 3.70. The van der Waals surface area contributed by atoms with E-state index in [1.807, 2.05) is 6.92 Å². The van der Waals surface area contributed by atoms with Crippen LogP contribution in [0.3, 0.4) is 0 Å². The lowest BCUT2D eigenvalue weighted by atomic mass is 10.2. The lowest BCUT2D eigenvalue weighted by Gasteiger charge is -2.12. The molecule has 0 saturated carbocycles. The van der Waals surface area contributed by atoms with Crippen LogP contribution >= 0.6 is 11.3 Å². The molecule has 17 heavy (non-hydrogen) atoms. The van der Waals surface area contributed by atoms with Crippen molar-refractivity contribution in [3.63, 3.8) is 0 Å². The largest absolute Gasteiger partial charge is 0.480 e. The minimum Gasteiger partial charge on any atom is -0.480 e. The number of aliphatic carboxylic acids is 1. The van der Waals surface area contributed by atoms with Gasteiger partial charge in [0.2, 0.25) is 10.0 Å². The van der Waals surface area contributed by atoms with E-state index in [-0.39, 0.29) is 11.3 Å². The van der Waals surface area contributed by atoms with Crippen LogP contribution in [-0.2, 0) is 14.8 Å². The SMILES string of the molecule is CC[C@@H](NS(=O)(=O)c1cc(C)sc1C)C(=O)O. The van der Waals surface area contributed by atoms with Gasteiger partial charge in [-0.15, -0.1) is 11.3 Å². The fourth-order valence-corrected chi connectivity index (χ4v) is 4.26. The van der Waals surface area contributed by atoms with Gasteiger partial charge in [-0.05, 0) is 26.3 Å². The average Bonchev–Trinajstić information content (AvgIpc) is 2.54. The van der Waals surface area contributed by atoms with Crippen LogP contribution in [0.25, 0.3) is 0 Å². The normalized spacial score (nSPS) is 13.6. The molecule has 2 N–H and O–H groups in total. The number of carboxylic acid groups (broad SMARTS) is 1. The summed E-state index contributed by atoms with van der Waals surface area (Å²) < 4.78 is 26.1. The van der Waals surface area contributed by atoms with Crippen molar-refractivity contribution in [3.8, 4) is 0 Å². The molecule has 0 spiro atoms. The van der Waals surface area contributed by atoms with Crippen molar-refractivity contribution in [1.29, 1.82) is 0 Å². The van der Waals surface area contributed by atoms with Crippen LogP contribution in [0, 0.1) is 13.8 Å². The molecule has 1 heterocycles. The molecule has 0 bridgehead atoms. The third-order valence-corrected chi connectivity index (χ3v) is 4.98. The van der Waals surface area contributed by atoms with Crippen LogP contribution in [0.2, 0.25) is 0 Å². The number of hydrogen-bond donors (Lipinski definition) is 2. The number of nitrogens with one attached hydrogen (secondary N) is 1. The number of carbonyl (C=O) groups is 1. The van der Waals surface area contributed by atoms with Crippen molar-refractivity contribution in [2.24, 2.45) is 0 Å². The van der Waals surface area contributed by atoms with Gasteiger partial charge < -0.3 is 5.11 Å². The molecule has 1 rings (SSSR count). The van der Waals surface area contributed by atoms with Gasteiger partial charge in [0.05, 0.1) is 4.90 Å². The zero-order chi connectivity index (χ0) is 13.2. The first-order valence-electron chi connectivity index (χ1n) is 5.10. The van der Waals surface area contributed by atoms with Crippen molar-refractivity contribution in [2.75, 3.05) is 0 Å². The van der Waals surface area contributed by atoms with Gasteiger partial charge >= 0.3 is 5.97 Å². The van der Waals surface area contributed by atoms with Crippen molar-refractivity contribution < 1.29 is 18.3 Å². The molecule has 96 valence electrons. The van der Waals surface area contributed by atoms with E-state index in [9.17, 15) is 13.2 Å². The van der Waals surface area contributed by atoms with Crippen molar-refractivity contribution in [1.82, 2.24) is 4.72 Å². The van der Waals surface area contributed by atoms with E-state index in [1.54, 1.807) is 19.9 Å². The maximum Gasteiger partial charge on any atom is 0.321 e. The molecule has 1 aromatic rings. The van der Waals surface area contributed by atoms with E-state index >= 15 is 0 Å². The van der Waals surface area contributed by atoms with E-state index < -0.39 is 22.0 Å². The molecular weight excluding hydrogens is 262 g/mol. The average molecular weight is 277 g/mol. The second-order valence-corrected chi connectivity index (χ2v) is 6.84. The molecule has 1 atom stereocenters. The van der Waals surface area contributed by atoms with Crippen molar-refractivity contribution >= 4 is 27.3 Å². The maximum absolute atomic E-state index is 12.0. The highest BCUT2D eigenvalue weighted by Gasteiger charge is 2.25. The third-order valence-electron chi connectivity index (χ3n) is 2.29. The summed E-state index contributed by atoms with van der Waals surface area (Å²) in [6.07, 6.45) is 0.205. The highest BCUT2D eigenvalue weighted by Crippen LogP contribution is 2.25. The van der Waals surface area contributed by atoms with Gasteiger partial charge in [0.15, 0.2) is 0 Å². The zero-order valence-electron chi connectivity index (χ0n) is 9.85. The Labute approximate surface area is 105 Å². The first-order chi connectivity index (χ1) is 7.77. The summed E-state index contributed by atoms with van der Waals surface area (Å²) >= 11 is 1.37. The zero-order valence-corrected chi connectivity index (χ0v) is 11.5. The summed E-state index contributed by atoms with van der Waals surface area (Å²) in [7, 11) is -3.75. The van der Waals surface area contributed by atoms with Crippen molar-refractivity contribution in [2.45, 2.75) is 38.1 Å². The van der Waals surface area contributed by atoms with Gasteiger partial charge in [0.1, 0.15) is 6.04 Å². The molecule has 0 aliphatic heterocycles. The number of sulfonamides is 1. The Bertz CT molecular complexity index is 518. The van der Waals surface area contributed by atoms with E-state index in [1.165, 1.54) is 11.3 Å². The quantitative estimate of drug-likeness (QED) is 0.854. The molecule has 1 aromatic heterocycles. The summed E-state index contributed by atoms with van der Waals surface area (Å²) in [5.74, 6) is -1.17. The summed E-state index contributed by atoms with van der Waals surface area (Å²) in [6.45, 7) is 5.13. The molecule has 0 radical (unpaired) electrons. The van der Waals surface area contributed by atoms with Crippen LogP contribution < -0.4 is 4.72 Å². The Balaban J connectivity index is 3.04. The van der Waals surface area contributed by atoms with Crippen LogP contribution in [0.15, 0.2) is 11.0 Å². The molecule has 0 aliphatic rings. The van der Waals surface area contributed by atoms with E-state index in [0.29, 0.717) is 4.88 Å². The highest BCUT2D eigenvalue weighted by molar-refractivity contribution is 7.89. The second kappa shape index (κ2) is 5.16. The molecule has 0 amide bonds.